The van der Waals surface area contributed by atoms with Crippen molar-refractivity contribution in [3.05, 3.63) is 57.0 Å². The van der Waals surface area contributed by atoms with Crippen LogP contribution in [-0.4, -0.2) is 6.54 Å². The van der Waals surface area contributed by atoms with Crippen LogP contribution in [0, 0.1) is 19.7 Å². The number of benzene rings is 1. The molecule has 1 heterocycles. The third-order valence-electron chi connectivity index (χ3n) is 3.00. The van der Waals surface area contributed by atoms with Crippen molar-refractivity contribution in [2.24, 2.45) is 0 Å². The predicted molar refractivity (Wildman–Crippen MR) is 75.6 cm³/mol. The first-order valence-electron chi connectivity index (χ1n) is 6.14. The minimum atomic E-state index is -0.0861. The van der Waals surface area contributed by atoms with Gasteiger partial charge in [0.15, 0.2) is 0 Å². The lowest BCUT2D eigenvalue weighted by atomic mass is 10.1. The second-order valence-electron chi connectivity index (χ2n) is 4.60. The molecule has 0 fully saturated rings. The first kappa shape index (κ1) is 13.2. The Morgan fingerprint density at radius 1 is 1.17 bits per heavy atom. The molecule has 0 aliphatic carbocycles. The summed E-state index contributed by atoms with van der Waals surface area (Å²) in [5, 5.41) is 7.67. The van der Waals surface area contributed by atoms with Crippen molar-refractivity contribution in [1.82, 2.24) is 5.32 Å². The quantitative estimate of drug-likeness (QED) is 0.808. The number of halogens is 1. The number of rotatable bonds is 5. The molecule has 0 amide bonds. The fraction of sp³-hybridized carbons (Fsp3) is 0.333. The number of hydrogen-bond donors (Lipinski definition) is 1. The van der Waals surface area contributed by atoms with Crippen LogP contribution in [0.25, 0.3) is 0 Å². The number of aryl methyl sites for hydroxylation is 2. The summed E-state index contributed by atoms with van der Waals surface area (Å²) >= 11 is 1.73. The van der Waals surface area contributed by atoms with E-state index in [1.165, 1.54) is 5.56 Å². The highest BCUT2D eigenvalue weighted by atomic mass is 32.1. The molecule has 3 heteroatoms. The summed E-state index contributed by atoms with van der Waals surface area (Å²) in [6, 6.07) is 5.98. The molecule has 0 bridgehead atoms. The van der Waals surface area contributed by atoms with E-state index in [1.807, 2.05) is 26.0 Å². The fourth-order valence-corrected chi connectivity index (χ4v) is 2.74. The van der Waals surface area contributed by atoms with Crippen LogP contribution >= 0.6 is 11.3 Å². The van der Waals surface area contributed by atoms with Crippen molar-refractivity contribution in [3.63, 3.8) is 0 Å². The lowest BCUT2D eigenvalue weighted by Gasteiger charge is -2.08. The number of hydrogen-bond acceptors (Lipinski definition) is 2. The Balaban J connectivity index is 1.83. The Bertz CT molecular complexity index is 482. The van der Waals surface area contributed by atoms with Gasteiger partial charge in [0.1, 0.15) is 5.82 Å². The van der Waals surface area contributed by atoms with E-state index < -0.39 is 0 Å². The molecule has 96 valence electrons. The van der Waals surface area contributed by atoms with E-state index >= 15 is 0 Å². The molecule has 0 aliphatic heterocycles. The summed E-state index contributed by atoms with van der Waals surface area (Å²) in [6.07, 6.45) is 1.04. The molecule has 0 unspecified atom stereocenters. The van der Waals surface area contributed by atoms with Crippen LogP contribution in [0.4, 0.5) is 4.39 Å². The van der Waals surface area contributed by atoms with Gasteiger partial charge < -0.3 is 5.32 Å². The van der Waals surface area contributed by atoms with E-state index in [0.717, 1.165) is 36.2 Å². The van der Waals surface area contributed by atoms with Crippen LogP contribution in [0.1, 0.15) is 22.3 Å². The Labute approximate surface area is 112 Å². The maximum atomic E-state index is 13.5. The molecule has 1 N–H and O–H groups in total. The van der Waals surface area contributed by atoms with Gasteiger partial charge in [0.25, 0.3) is 0 Å². The summed E-state index contributed by atoms with van der Waals surface area (Å²) in [5.74, 6) is -0.0861. The molecule has 1 aromatic heterocycles. The Hall–Kier alpha value is -1.19. The largest absolute Gasteiger partial charge is 0.312 e. The molecule has 1 nitrogen and oxygen atoms in total. The third kappa shape index (κ3) is 3.40. The van der Waals surface area contributed by atoms with Crippen molar-refractivity contribution in [3.8, 4) is 0 Å². The van der Waals surface area contributed by atoms with Crippen LogP contribution < -0.4 is 5.32 Å². The van der Waals surface area contributed by atoms with Crippen molar-refractivity contribution >= 4 is 11.3 Å². The van der Waals surface area contributed by atoms with Crippen molar-refractivity contribution < 1.29 is 4.39 Å². The van der Waals surface area contributed by atoms with E-state index in [-0.39, 0.29) is 5.82 Å². The zero-order valence-electron chi connectivity index (χ0n) is 10.8. The lowest BCUT2D eigenvalue weighted by Crippen LogP contribution is -2.16. The Morgan fingerprint density at radius 2 is 1.89 bits per heavy atom. The van der Waals surface area contributed by atoms with Crippen LogP contribution in [0.5, 0.6) is 0 Å². The highest BCUT2D eigenvalue weighted by Crippen LogP contribution is 2.14. The van der Waals surface area contributed by atoms with Crippen molar-refractivity contribution in [2.45, 2.75) is 26.8 Å². The van der Waals surface area contributed by atoms with Gasteiger partial charge in [-0.2, -0.15) is 11.3 Å². The van der Waals surface area contributed by atoms with Crippen LogP contribution in [0.3, 0.4) is 0 Å². The van der Waals surface area contributed by atoms with E-state index in [2.05, 4.69) is 22.1 Å². The summed E-state index contributed by atoms with van der Waals surface area (Å²) in [7, 11) is 0. The van der Waals surface area contributed by atoms with E-state index in [4.69, 9.17) is 0 Å². The first-order chi connectivity index (χ1) is 8.66. The normalized spacial score (nSPS) is 10.8. The van der Waals surface area contributed by atoms with Gasteiger partial charge in [-0.25, -0.2) is 4.39 Å². The number of nitrogens with one attached hydrogen (secondary N) is 1. The van der Waals surface area contributed by atoms with Crippen molar-refractivity contribution in [1.29, 1.82) is 0 Å². The summed E-state index contributed by atoms with van der Waals surface area (Å²) in [4.78, 5) is 0. The monoisotopic (exact) mass is 263 g/mol. The third-order valence-corrected chi connectivity index (χ3v) is 3.73. The summed E-state index contributed by atoms with van der Waals surface area (Å²) < 4.78 is 13.5. The molecule has 18 heavy (non-hydrogen) atoms. The van der Waals surface area contributed by atoms with Gasteiger partial charge in [-0.05, 0) is 65.9 Å². The predicted octanol–water partition coefficient (Wildman–Crippen LogP) is 3.84. The minimum absolute atomic E-state index is 0.0861. The highest BCUT2D eigenvalue weighted by Gasteiger charge is 2.03. The van der Waals surface area contributed by atoms with E-state index in [1.54, 1.807) is 11.3 Å². The molecule has 2 rings (SSSR count). The van der Waals surface area contributed by atoms with Gasteiger partial charge in [0, 0.05) is 6.54 Å². The average Bonchev–Trinajstić information content (AvgIpc) is 2.84. The molecular weight excluding hydrogens is 245 g/mol. The summed E-state index contributed by atoms with van der Waals surface area (Å²) in [6.45, 7) is 5.38. The fourth-order valence-electron chi connectivity index (χ4n) is 2.04. The maximum absolute atomic E-state index is 13.5. The molecule has 2 aromatic rings. The molecule has 0 atom stereocenters. The zero-order valence-corrected chi connectivity index (χ0v) is 11.6. The van der Waals surface area contributed by atoms with Gasteiger partial charge in [-0.3, -0.25) is 0 Å². The van der Waals surface area contributed by atoms with E-state index in [0.29, 0.717) is 0 Å². The van der Waals surface area contributed by atoms with Gasteiger partial charge in [0.2, 0.25) is 0 Å². The summed E-state index contributed by atoms with van der Waals surface area (Å²) in [5.41, 5.74) is 3.98. The van der Waals surface area contributed by atoms with Gasteiger partial charge in [-0.15, -0.1) is 0 Å². The topological polar surface area (TPSA) is 12.0 Å². The molecule has 0 spiro atoms. The Morgan fingerprint density at radius 3 is 2.50 bits per heavy atom. The van der Waals surface area contributed by atoms with Crippen LogP contribution in [0.2, 0.25) is 0 Å². The Kier molecular flexibility index (Phi) is 4.50. The molecule has 0 radical (unpaired) electrons. The first-order valence-corrected chi connectivity index (χ1v) is 7.08. The second-order valence-corrected chi connectivity index (χ2v) is 5.38. The lowest BCUT2D eigenvalue weighted by molar-refractivity contribution is 0.606. The minimum Gasteiger partial charge on any atom is -0.312 e. The highest BCUT2D eigenvalue weighted by molar-refractivity contribution is 7.07. The molecular formula is C15H18FNS. The van der Waals surface area contributed by atoms with Gasteiger partial charge >= 0.3 is 0 Å². The smallest absolute Gasteiger partial charge is 0.129 e. The zero-order chi connectivity index (χ0) is 13.0. The maximum Gasteiger partial charge on any atom is 0.129 e. The van der Waals surface area contributed by atoms with Gasteiger partial charge in [-0.1, -0.05) is 12.1 Å². The SMILES string of the molecule is Cc1cc(CNCCc2ccsc2)cc(C)c1F. The molecule has 0 saturated carbocycles. The van der Waals surface area contributed by atoms with E-state index in [9.17, 15) is 4.39 Å². The van der Waals surface area contributed by atoms with Crippen molar-refractivity contribution in [2.75, 3.05) is 6.54 Å². The average molecular weight is 263 g/mol. The molecule has 0 saturated heterocycles. The molecule has 0 aliphatic rings. The van der Waals surface area contributed by atoms with Crippen LogP contribution in [0.15, 0.2) is 29.0 Å². The van der Waals surface area contributed by atoms with Gasteiger partial charge in [0.05, 0.1) is 0 Å². The second kappa shape index (κ2) is 6.12. The molecule has 1 aromatic carbocycles. The number of thiophene rings is 1. The standard InChI is InChI=1S/C15H18FNS/c1-11-7-14(8-12(2)15(11)16)9-17-5-3-13-4-6-18-10-13/h4,6-8,10,17H,3,5,9H2,1-2H3. The van der Waals surface area contributed by atoms with Crippen LogP contribution in [-0.2, 0) is 13.0 Å².